The second kappa shape index (κ2) is 7.74. The fourth-order valence-corrected chi connectivity index (χ4v) is 4.16. The first-order valence-corrected chi connectivity index (χ1v) is 10.6. The Labute approximate surface area is 170 Å². The first-order valence-electron chi connectivity index (χ1n) is 10.6. The minimum atomic E-state index is -0.0294. The summed E-state index contributed by atoms with van der Waals surface area (Å²) in [6, 6.07) is 3.87. The molecule has 8 nitrogen and oxygen atoms in total. The van der Waals surface area contributed by atoms with E-state index in [-0.39, 0.29) is 11.8 Å². The number of aryl methyl sites for hydroxylation is 1. The molecule has 2 saturated heterocycles. The van der Waals surface area contributed by atoms with E-state index in [1.54, 1.807) is 0 Å². The minimum Gasteiger partial charge on any atom is -0.378 e. The molecule has 3 fully saturated rings. The van der Waals surface area contributed by atoms with Gasteiger partial charge >= 0.3 is 0 Å². The van der Waals surface area contributed by atoms with Crippen LogP contribution in [0.4, 0.5) is 5.82 Å². The van der Waals surface area contributed by atoms with E-state index in [2.05, 4.69) is 16.1 Å². The maximum Gasteiger partial charge on any atom is 0.276 e. The molecule has 5 rings (SSSR count). The fourth-order valence-electron chi connectivity index (χ4n) is 4.16. The predicted octanol–water partition coefficient (Wildman–Crippen LogP) is 2.51. The SMILES string of the molecule is Cc1cc(N2CCOCC2)nc(C2CCN(C(=O)c3cc(C4CC4)on3)CC2)n1. The van der Waals surface area contributed by atoms with Crippen molar-refractivity contribution in [2.75, 3.05) is 44.3 Å². The first-order chi connectivity index (χ1) is 14.2. The third-order valence-electron chi connectivity index (χ3n) is 6.07. The molecule has 2 aromatic heterocycles. The number of anilines is 1. The van der Waals surface area contributed by atoms with Gasteiger partial charge in [0.2, 0.25) is 0 Å². The van der Waals surface area contributed by atoms with Crippen molar-refractivity contribution in [3.63, 3.8) is 0 Å². The number of amides is 1. The monoisotopic (exact) mass is 397 g/mol. The Hall–Kier alpha value is -2.48. The van der Waals surface area contributed by atoms with Crippen LogP contribution in [0.25, 0.3) is 0 Å². The molecule has 2 aliphatic heterocycles. The molecule has 4 heterocycles. The van der Waals surface area contributed by atoms with Crippen molar-refractivity contribution in [2.24, 2.45) is 0 Å². The van der Waals surface area contributed by atoms with Gasteiger partial charge in [-0.15, -0.1) is 0 Å². The highest BCUT2D eigenvalue weighted by Gasteiger charge is 2.31. The molecule has 0 radical (unpaired) electrons. The molecule has 1 saturated carbocycles. The van der Waals surface area contributed by atoms with Gasteiger partial charge in [-0.05, 0) is 32.6 Å². The van der Waals surface area contributed by atoms with E-state index < -0.39 is 0 Å². The highest BCUT2D eigenvalue weighted by atomic mass is 16.5. The summed E-state index contributed by atoms with van der Waals surface area (Å²) >= 11 is 0. The summed E-state index contributed by atoms with van der Waals surface area (Å²) in [7, 11) is 0. The zero-order valence-electron chi connectivity index (χ0n) is 16.8. The van der Waals surface area contributed by atoms with Crippen LogP contribution in [-0.4, -0.2) is 65.3 Å². The van der Waals surface area contributed by atoms with E-state index in [1.165, 1.54) is 0 Å². The summed E-state index contributed by atoms with van der Waals surface area (Å²) in [4.78, 5) is 26.5. The standard InChI is InChI=1S/C21H27N5O3/c1-14-12-19(25-8-10-28-11-9-25)23-20(22-14)16-4-6-26(7-5-16)21(27)17-13-18(29-24-17)15-2-3-15/h12-13,15-16H,2-11H2,1H3. The van der Waals surface area contributed by atoms with E-state index in [1.807, 2.05) is 17.9 Å². The summed E-state index contributed by atoms with van der Waals surface area (Å²) in [6.07, 6.45) is 4.00. The molecule has 3 aliphatic rings. The van der Waals surface area contributed by atoms with Crippen LogP contribution in [0.5, 0.6) is 0 Å². The summed E-state index contributed by atoms with van der Waals surface area (Å²) < 4.78 is 10.8. The fraction of sp³-hybridized carbons (Fsp3) is 0.619. The average Bonchev–Trinajstić information content (AvgIpc) is 3.50. The van der Waals surface area contributed by atoms with Crippen LogP contribution in [0.15, 0.2) is 16.7 Å². The lowest BCUT2D eigenvalue weighted by atomic mass is 9.95. The molecule has 0 N–H and O–H groups in total. The largest absolute Gasteiger partial charge is 0.378 e. The number of aromatic nitrogens is 3. The van der Waals surface area contributed by atoms with Gasteiger partial charge in [-0.25, -0.2) is 9.97 Å². The zero-order chi connectivity index (χ0) is 19.8. The number of hydrogen-bond acceptors (Lipinski definition) is 7. The lowest BCUT2D eigenvalue weighted by Gasteiger charge is -2.32. The third kappa shape index (κ3) is 3.99. The Balaban J connectivity index is 1.24. The quantitative estimate of drug-likeness (QED) is 0.784. The average molecular weight is 397 g/mol. The normalized spacial score (nSPS) is 20.9. The first kappa shape index (κ1) is 18.5. The second-order valence-electron chi connectivity index (χ2n) is 8.28. The van der Waals surface area contributed by atoms with Crippen LogP contribution in [0, 0.1) is 6.92 Å². The molecule has 2 aromatic rings. The molecule has 0 bridgehead atoms. The van der Waals surface area contributed by atoms with E-state index in [0.29, 0.717) is 24.7 Å². The number of ether oxygens (including phenoxy) is 1. The van der Waals surface area contributed by atoms with E-state index in [4.69, 9.17) is 19.2 Å². The van der Waals surface area contributed by atoms with Gasteiger partial charge in [0.25, 0.3) is 5.91 Å². The van der Waals surface area contributed by atoms with Gasteiger partial charge in [0.1, 0.15) is 17.4 Å². The Bertz CT molecular complexity index is 880. The lowest BCUT2D eigenvalue weighted by molar-refractivity contribution is 0.0700. The van der Waals surface area contributed by atoms with Crippen molar-refractivity contribution in [1.82, 2.24) is 20.0 Å². The molecule has 8 heteroatoms. The summed E-state index contributed by atoms with van der Waals surface area (Å²) in [5, 5.41) is 4.00. The zero-order valence-corrected chi connectivity index (χ0v) is 16.8. The van der Waals surface area contributed by atoms with Crippen molar-refractivity contribution in [2.45, 2.75) is 44.4 Å². The molecule has 0 spiro atoms. The number of carbonyl (C=O) groups is 1. The maximum absolute atomic E-state index is 12.8. The molecular formula is C21H27N5O3. The van der Waals surface area contributed by atoms with E-state index in [9.17, 15) is 4.79 Å². The van der Waals surface area contributed by atoms with Gasteiger partial charge < -0.3 is 19.1 Å². The Morgan fingerprint density at radius 3 is 2.48 bits per heavy atom. The van der Waals surface area contributed by atoms with Crippen LogP contribution >= 0.6 is 0 Å². The summed E-state index contributed by atoms with van der Waals surface area (Å²) in [5.41, 5.74) is 1.43. The van der Waals surface area contributed by atoms with Crippen LogP contribution in [0.1, 0.15) is 65.3 Å². The smallest absolute Gasteiger partial charge is 0.276 e. The molecule has 1 aliphatic carbocycles. The van der Waals surface area contributed by atoms with Gasteiger partial charge in [-0.3, -0.25) is 4.79 Å². The Morgan fingerprint density at radius 1 is 1.00 bits per heavy atom. The number of carbonyl (C=O) groups excluding carboxylic acids is 1. The van der Waals surface area contributed by atoms with Crippen molar-refractivity contribution in [3.05, 3.63) is 35.1 Å². The third-order valence-corrected chi connectivity index (χ3v) is 6.07. The van der Waals surface area contributed by atoms with Gasteiger partial charge in [0.05, 0.1) is 13.2 Å². The Morgan fingerprint density at radius 2 is 1.76 bits per heavy atom. The molecule has 0 aromatic carbocycles. The van der Waals surface area contributed by atoms with Crippen LogP contribution in [0.3, 0.4) is 0 Å². The number of morpholine rings is 1. The van der Waals surface area contributed by atoms with E-state index >= 15 is 0 Å². The van der Waals surface area contributed by atoms with Crippen LogP contribution in [-0.2, 0) is 4.74 Å². The molecule has 0 unspecified atom stereocenters. The van der Waals surface area contributed by atoms with Crippen molar-refractivity contribution in [3.8, 4) is 0 Å². The van der Waals surface area contributed by atoms with Gasteiger partial charge in [0, 0.05) is 55.8 Å². The van der Waals surface area contributed by atoms with Crippen molar-refractivity contribution in [1.29, 1.82) is 0 Å². The summed E-state index contributed by atoms with van der Waals surface area (Å²) in [6.45, 7) is 6.62. The molecule has 154 valence electrons. The number of piperidine rings is 1. The lowest BCUT2D eigenvalue weighted by Crippen LogP contribution is -2.39. The van der Waals surface area contributed by atoms with Gasteiger partial charge in [-0.2, -0.15) is 0 Å². The maximum atomic E-state index is 12.8. The van der Waals surface area contributed by atoms with Gasteiger partial charge in [-0.1, -0.05) is 5.16 Å². The highest BCUT2D eigenvalue weighted by Crippen LogP contribution is 2.40. The second-order valence-corrected chi connectivity index (χ2v) is 8.28. The van der Waals surface area contributed by atoms with Crippen molar-refractivity contribution >= 4 is 11.7 Å². The van der Waals surface area contributed by atoms with Crippen LogP contribution < -0.4 is 4.90 Å². The molecule has 1 amide bonds. The number of likely N-dealkylation sites (tertiary alicyclic amines) is 1. The molecular weight excluding hydrogens is 370 g/mol. The van der Waals surface area contributed by atoms with Crippen molar-refractivity contribution < 1.29 is 14.1 Å². The topological polar surface area (TPSA) is 84.6 Å². The minimum absolute atomic E-state index is 0.0294. The highest BCUT2D eigenvalue weighted by molar-refractivity contribution is 5.92. The molecule has 0 atom stereocenters. The molecule has 29 heavy (non-hydrogen) atoms. The Kier molecular flexibility index (Phi) is 4.95. The predicted molar refractivity (Wildman–Crippen MR) is 106 cm³/mol. The van der Waals surface area contributed by atoms with E-state index in [0.717, 1.165) is 75.1 Å². The number of hydrogen-bond donors (Lipinski definition) is 0. The number of nitrogens with zero attached hydrogens (tertiary/aromatic N) is 5. The van der Waals surface area contributed by atoms with Gasteiger partial charge in [0.15, 0.2) is 5.69 Å². The summed E-state index contributed by atoms with van der Waals surface area (Å²) in [5.74, 6) is 3.46. The number of rotatable bonds is 4. The van der Waals surface area contributed by atoms with Crippen LogP contribution in [0.2, 0.25) is 0 Å².